The topological polar surface area (TPSA) is 119 Å². The van der Waals surface area contributed by atoms with Crippen LogP contribution in [0.1, 0.15) is 11.4 Å². The molecule has 37 heavy (non-hydrogen) atoms. The Morgan fingerprint density at radius 2 is 1.00 bits per heavy atom. The van der Waals surface area contributed by atoms with Crippen molar-refractivity contribution in [3.8, 4) is 0 Å². The third kappa shape index (κ3) is 6.93. The van der Waals surface area contributed by atoms with Crippen molar-refractivity contribution in [3.63, 3.8) is 0 Å². The fourth-order valence-electron chi connectivity index (χ4n) is 3.60. The van der Waals surface area contributed by atoms with Gasteiger partial charge in [-0.25, -0.2) is 15.0 Å². The summed E-state index contributed by atoms with van der Waals surface area (Å²) in [6, 6.07) is 18.1. The molecular formula is C25H21CoN9S2. The van der Waals surface area contributed by atoms with E-state index in [4.69, 9.17) is 36.0 Å². The summed E-state index contributed by atoms with van der Waals surface area (Å²) in [5.41, 5.74) is 6.37. The molecule has 5 rings (SSSR count). The van der Waals surface area contributed by atoms with Crippen LogP contribution in [-0.4, -0.2) is 44.8 Å². The molecule has 187 valence electrons. The minimum atomic E-state index is 0. The van der Waals surface area contributed by atoms with E-state index in [0.29, 0.717) is 0 Å². The van der Waals surface area contributed by atoms with Gasteiger partial charge >= 0.3 is 16.8 Å². The molecule has 0 spiro atoms. The minimum Gasteiger partial charge on any atom is -0.753 e. The molecule has 0 atom stereocenters. The van der Waals surface area contributed by atoms with E-state index in [2.05, 4.69) is 48.7 Å². The molecule has 0 aliphatic rings. The zero-order chi connectivity index (χ0) is 26.2. The van der Waals surface area contributed by atoms with E-state index in [1.807, 2.05) is 58.3 Å². The third-order valence-corrected chi connectivity index (χ3v) is 5.24. The number of thiocarbonyl (C=S) groups is 2. The summed E-state index contributed by atoms with van der Waals surface area (Å²) < 4.78 is 3.55. The van der Waals surface area contributed by atoms with Crippen LogP contribution in [0, 0.1) is 13.8 Å². The second kappa shape index (κ2) is 13.5. The maximum Gasteiger partial charge on any atom is 2.00 e. The molecule has 0 N–H and O–H groups in total. The normalized spacial score (nSPS) is 9.62. The first-order valence-electron chi connectivity index (χ1n) is 10.6. The van der Waals surface area contributed by atoms with Crippen molar-refractivity contribution in [1.82, 2.24) is 34.5 Å². The van der Waals surface area contributed by atoms with Crippen molar-refractivity contribution in [2.24, 2.45) is 14.1 Å². The quantitative estimate of drug-likeness (QED) is 0.136. The molecule has 4 aromatic heterocycles. The van der Waals surface area contributed by atoms with Crippen molar-refractivity contribution >= 4 is 78.9 Å². The van der Waals surface area contributed by atoms with Crippen molar-refractivity contribution in [1.29, 1.82) is 0 Å². The van der Waals surface area contributed by atoms with E-state index in [1.54, 1.807) is 9.36 Å². The van der Waals surface area contributed by atoms with E-state index < -0.39 is 0 Å². The predicted molar refractivity (Wildman–Crippen MR) is 151 cm³/mol. The van der Waals surface area contributed by atoms with Crippen molar-refractivity contribution < 1.29 is 16.8 Å². The van der Waals surface area contributed by atoms with Crippen molar-refractivity contribution in [3.05, 3.63) is 76.8 Å². The Hall–Kier alpha value is -3.76. The number of hydrogen-bond donors (Lipinski definition) is 0. The Balaban J connectivity index is 0.000000630. The van der Waals surface area contributed by atoms with Gasteiger partial charge in [-0.15, -0.1) is 0 Å². The first kappa shape index (κ1) is 29.5. The van der Waals surface area contributed by atoms with Crippen LogP contribution in [0.2, 0.25) is 0 Å². The van der Waals surface area contributed by atoms with Crippen molar-refractivity contribution in [2.45, 2.75) is 13.8 Å². The zero-order valence-electron chi connectivity index (χ0n) is 20.4. The van der Waals surface area contributed by atoms with Crippen LogP contribution in [0.15, 0.2) is 54.6 Å². The van der Waals surface area contributed by atoms with Crippen LogP contribution in [0.3, 0.4) is 0 Å². The van der Waals surface area contributed by atoms with Gasteiger partial charge in [-0.2, -0.15) is 20.5 Å². The fourth-order valence-corrected chi connectivity index (χ4v) is 3.60. The maximum absolute atomic E-state index is 7.13. The molecule has 1 aromatic carbocycles. The van der Waals surface area contributed by atoms with Gasteiger partial charge in [-0.05, 0) is 50.2 Å². The number of benzene rings is 1. The largest absolute Gasteiger partial charge is 2.00 e. The van der Waals surface area contributed by atoms with Crippen LogP contribution in [0.4, 0.5) is 0 Å². The van der Waals surface area contributed by atoms with Gasteiger partial charge in [-0.1, -0.05) is 42.6 Å². The summed E-state index contributed by atoms with van der Waals surface area (Å²) in [6.07, 6.45) is 0. The smallest absolute Gasteiger partial charge is 0.753 e. The average Bonchev–Trinajstić information content (AvgIpc) is 2.88. The summed E-state index contributed by atoms with van der Waals surface area (Å²) in [7, 11) is 3.79. The van der Waals surface area contributed by atoms with E-state index >= 15 is 0 Å². The predicted octanol–water partition coefficient (Wildman–Crippen LogP) is 5.57. The summed E-state index contributed by atoms with van der Waals surface area (Å²) in [6.45, 7) is 3.90. The number of aryl methyl sites for hydroxylation is 4. The van der Waals surface area contributed by atoms with Gasteiger partial charge in [0.25, 0.3) is 0 Å². The number of nitrogens with zero attached hydrogens (tertiary/aromatic N) is 9. The summed E-state index contributed by atoms with van der Waals surface area (Å²) in [5, 5.41) is 28.4. The Labute approximate surface area is 234 Å². The zero-order valence-corrected chi connectivity index (χ0v) is 23.0. The molecular weight excluding hydrogens is 549 g/mol. The molecule has 0 aliphatic heterocycles. The van der Waals surface area contributed by atoms with Gasteiger partial charge in [0.15, 0.2) is 0 Å². The SMILES string of the molecule is Cc1nn(C)c2ccc3ccc4ccc(nc4c3n2)n(C)nc(C)c2cccc1n2.[Co+2].[N-]=C=S.[N-]=C=S. The first-order valence-corrected chi connectivity index (χ1v) is 11.4. The van der Waals surface area contributed by atoms with Crippen LogP contribution >= 0.6 is 24.4 Å². The van der Waals surface area contributed by atoms with Gasteiger partial charge in [-0.3, -0.25) is 9.36 Å². The number of hydrogen-bond acceptors (Lipinski definition) is 7. The molecule has 9 nitrogen and oxygen atoms in total. The third-order valence-electron chi connectivity index (χ3n) is 5.24. The van der Waals surface area contributed by atoms with Crippen LogP contribution < -0.4 is 0 Å². The minimum absolute atomic E-state index is 0. The second-order valence-electron chi connectivity index (χ2n) is 7.56. The Bertz CT molecular complexity index is 1620. The molecule has 0 fully saturated rings. The maximum atomic E-state index is 7.13. The number of isothiocyanates is 2. The van der Waals surface area contributed by atoms with Crippen LogP contribution in [-0.2, 0) is 30.9 Å². The van der Waals surface area contributed by atoms with Crippen LogP contribution in [0.5, 0.6) is 0 Å². The van der Waals surface area contributed by atoms with Gasteiger partial charge in [0, 0.05) is 24.9 Å². The molecule has 5 aromatic rings. The van der Waals surface area contributed by atoms with Crippen molar-refractivity contribution in [2.75, 3.05) is 0 Å². The average molecular weight is 571 g/mol. The van der Waals surface area contributed by atoms with E-state index in [9.17, 15) is 0 Å². The Morgan fingerprint density at radius 3 is 1.38 bits per heavy atom. The standard InChI is InChI=1S/C23H21N7.2CNS.Co/c1-14-18-6-5-7-19(24-18)15(2)28-30(4)21-13-11-17-9-8-16-10-12-20(29(3)27-14)25-22(16)23(17)26-21;2*2-1-3;/h5-13H,1-4H3;;;/q;2*-1;+2. The second-order valence-corrected chi connectivity index (χ2v) is 7.92. The molecule has 12 heteroatoms. The molecule has 0 aliphatic carbocycles. The summed E-state index contributed by atoms with van der Waals surface area (Å²) in [4.78, 5) is 14.5. The molecule has 0 saturated carbocycles. The molecule has 0 saturated heterocycles. The van der Waals surface area contributed by atoms with E-state index in [-0.39, 0.29) is 16.8 Å². The molecule has 0 amide bonds. The first-order chi connectivity index (χ1) is 17.3. The summed E-state index contributed by atoms with van der Waals surface area (Å²) in [5.74, 6) is 0. The molecule has 0 unspecified atom stereocenters. The van der Waals surface area contributed by atoms with Gasteiger partial charge < -0.3 is 10.8 Å². The van der Waals surface area contributed by atoms with Gasteiger partial charge in [0.1, 0.15) is 11.3 Å². The number of fused-ring (bicyclic) bond motifs is 4. The Kier molecular flexibility index (Phi) is 10.8. The number of rotatable bonds is 0. The van der Waals surface area contributed by atoms with E-state index in [0.717, 1.165) is 55.5 Å². The van der Waals surface area contributed by atoms with Crippen LogP contribution in [0.25, 0.3) is 55.0 Å². The molecule has 6 bridgehead atoms. The number of pyridine rings is 3. The molecule has 1 radical (unpaired) electrons. The molecule has 4 heterocycles. The van der Waals surface area contributed by atoms with Gasteiger partial charge in [0.2, 0.25) is 0 Å². The number of aromatic nitrogens is 7. The Morgan fingerprint density at radius 1 is 0.649 bits per heavy atom. The van der Waals surface area contributed by atoms with Gasteiger partial charge in [0.05, 0.1) is 33.5 Å². The monoisotopic (exact) mass is 570 g/mol. The summed E-state index contributed by atoms with van der Waals surface area (Å²) >= 11 is 7.40. The fraction of sp³-hybridized carbons (Fsp3) is 0.160. The van der Waals surface area contributed by atoms with E-state index in [1.165, 1.54) is 10.3 Å².